The molecule has 138 valence electrons. The molecule has 0 spiro atoms. The van der Waals surface area contributed by atoms with Gasteiger partial charge in [-0.25, -0.2) is 9.67 Å². The molecule has 5 aromatic rings. The van der Waals surface area contributed by atoms with E-state index in [0.29, 0.717) is 11.4 Å². The first kappa shape index (κ1) is 17.1. The summed E-state index contributed by atoms with van der Waals surface area (Å²) in [7, 11) is 0. The Labute approximate surface area is 169 Å². The van der Waals surface area contributed by atoms with E-state index in [1.165, 1.54) is 11.3 Å². The zero-order valence-electron chi connectivity index (χ0n) is 15.0. The number of fused-ring (bicyclic) bond motifs is 2. The first-order valence-corrected chi connectivity index (χ1v) is 10.5. The van der Waals surface area contributed by atoms with Gasteiger partial charge in [0.15, 0.2) is 0 Å². The van der Waals surface area contributed by atoms with Crippen molar-refractivity contribution in [1.29, 1.82) is 0 Å². The number of benzene rings is 2. The smallest absolute Gasteiger partial charge is 0.261 e. The summed E-state index contributed by atoms with van der Waals surface area (Å²) >= 11 is 3.07. The molecule has 0 atom stereocenters. The van der Waals surface area contributed by atoms with E-state index in [-0.39, 0.29) is 5.91 Å². The highest BCUT2D eigenvalue weighted by Gasteiger charge is 2.17. The van der Waals surface area contributed by atoms with E-state index in [1.807, 2.05) is 72.3 Å². The molecule has 0 bridgehead atoms. The van der Waals surface area contributed by atoms with Crippen LogP contribution in [-0.4, -0.2) is 20.7 Å². The summed E-state index contributed by atoms with van der Waals surface area (Å²) in [5, 5.41) is 9.54. The van der Waals surface area contributed by atoms with Crippen LogP contribution in [0.4, 0.5) is 0 Å². The summed E-state index contributed by atoms with van der Waals surface area (Å²) in [5.41, 5.74) is 2.88. The highest BCUT2D eigenvalue weighted by Crippen LogP contribution is 2.30. The van der Waals surface area contributed by atoms with Crippen LogP contribution in [0, 0.1) is 6.92 Å². The van der Waals surface area contributed by atoms with E-state index < -0.39 is 0 Å². The normalized spacial score (nSPS) is 11.3. The van der Waals surface area contributed by atoms with Crippen LogP contribution >= 0.6 is 22.7 Å². The van der Waals surface area contributed by atoms with Gasteiger partial charge in [-0.2, -0.15) is 5.10 Å². The van der Waals surface area contributed by atoms with Crippen LogP contribution in [-0.2, 0) is 6.54 Å². The van der Waals surface area contributed by atoms with Gasteiger partial charge < -0.3 is 5.32 Å². The summed E-state index contributed by atoms with van der Waals surface area (Å²) in [5.74, 6) is -0.0838. The van der Waals surface area contributed by atoms with Crippen molar-refractivity contribution in [3.05, 3.63) is 76.2 Å². The lowest BCUT2D eigenvalue weighted by Crippen LogP contribution is -2.21. The minimum Gasteiger partial charge on any atom is -0.345 e. The van der Waals surface area contributed by atoms with E-state index in [1.54, 1.807) is 11.3 Å². The molecule has 5 nitrogen and oxygen atoms in total. The lowest BCUT2D eigenvalue weighted by Gasteiger charge is -2.02. The lowest BCUT2D eigenvalue weighted by atomic mass is 10.3. The molecule has 7 heteroatoms. The maximum Gasteiger partial charge on any atom is 0.261 e. The summed E-state index contributed by atoms with van der Waals surface area (Å²) in [4.78, 5) is 18.9. The third-order valence-corrected chi connectivity index (χ3v) is 6.65. The van der Waals surface area contributed by atoms with Gasteiger partial charge in [0.25, 0.3) is 5.91 Å². The molecule has 1 N–H and O–H groups in total. The number of thiazole rings is 1. The van der Waals surface area contributed by atoms with Gasteiger partial charge in [-0.15, -0.1) is 22.7 Å². The van der Waals surface area contributed by atoms with Crippen molar-refractivity contribution in [2.24, 2.45) is 0 Å². The number of aryl methyl sites for hydroxylation is 1. The number of hydrogen-bond acceptors (Lipinski definition) is 5. The number of para-hydroxylation sites is 2. The average Bonchev–Trinajstić information content (AvgIpc) is 3.41. The highest BCUT2D eigenvalue weighted by molar-refractivity contribution is 7.20. The van der Waals surface area contributed by atoms with Gasteiger partial charge in [-0.3, -0.25) is 4.79 Å². The Morgan fingerprint density at radius 1 is 1.07 bits per heavy atom. The first-order chi connectivity index (χ1) is 13.7. The molecule has 0 unspecified atom stereocenters. The molecular formula is C21H16N4OS2. The lowest BCUT2D eigenvalue weighted by molar-refractivity contribution is 0.0955. The van der Waals surface area contributed by atoms with Crippen molar-refractivity contribution in [2.45, 2.75) is 13.5 Å². The minimum absolute atomic E-state index is 0.0838. The number of aromatic nitrogens is 3. The van der Waals surface area contributed by atoms with E-state index in [9.17, 15) is 4.79 Å². The quantitative estimate of drug-likeness (QED) is 0.462. The summed E-state index contributed by atoms with van der Waals surface area (Å²) < 4.78 is 3.03. The maximum absolute atomic E-state index is 12.7. The number of carbonyl (C=O) groups excluding carboxylic acids is 1. The van der Waals surface area contributed by atoms with E-state index in [4.69, 9.17) is 0 Å². The van der Waals surface area contributed by atoms with Crippen molar-refractivity contribution >= 4 is 49.0 Å². The van der Waals surface area contributed by atoms with Crippen LogP contribution in [0.3, 0.4) is 0 Å². The Kier molecular flexibility index (Phi) is 4.18. The third kappa shape index (κ3) is 2.98. The second kappa shape index (κ2) is 6.85. The largest absolute Gasteiger partial charge is 0.345 e. The third-order valence-electron chi connectivity index (χ3n) is 4.51. The number of nitrogens with one attached hydrogen (secondary N) is 1. The average molecular weight is 405 g/mol. The maximum atomic E-state index is 12.7. The zero-order chi connectivity index (χ0) is 19.1. The molecule has 0 fully saturated rings. The van der Waals surface area contributed by atoms with Crippen LogP contribution in [0.2, 0.25) is 0 Å². The molecule has 28 heavy (non-hydrogen) atoms. The van der Waals surface area contributed by atoms with Crippen LogP contribution in [0.25, 0.3) is 26.1 Å². The number of carbonyl (C=O) groups is 1. The molecule has 2 aromatic carbocycles. The predicted octanol–water partition coefficient (Wildman–Crippen LogP) is 4.94. The fourth-order valence-electron chi connectivity index (χ4n) is 3.14. The van der Waals surface area contributed by atoms with Crippen LogP contribution in [0.15, 0.2) is 60.7 Å². The van der Waals surface area contributed by atoms with Crippen LogP contribution < -0.4 is 5.32 Å². The summed E-state index contributed by atoms with van der Waals surface area (Å²) in [6, 6.07) is 19.9. The molecule has 5 rings (SSSR count). The zero-order valence-corrected chi connectivity index (χ0v) is 16.7. The number of thiophene rings is 1. The van der Waals surface area contributed by atoms with Gasteiger partial charge in [0.05, 0.1) is 33.0 Å². The van der Waals surface area contributed by atoms with Crippen molar-refractivity contribution in [3.8, 4) is 5.69 Å². The second-order valence-corrected chi connectivity index (χ2v) is 8.57. The molecule has 1 amide bonds. The molecular weight excluding hydrogens is 388 g/mol. The van der Waals surface area contributed by atoms with Crippen LogP contribution in [0.1, 0.15) is 20.4 Å². The molecule has 0 saturated heterocycles. The topological polar surface area (TPSA) is 59.8 Å². The molecule has 0 aliphatic carbocycles. The predicted molar refractivity (Wildman–Crippen MR) is 114 cm³/mol. The fourth-order valence-corrected chi connectivity index (χ4v) is 5.15. The fraction of sp³-hybridized carbons (Fsp3) is 0.0952. The number of hydrogen-bond donors (Lipinski definition) is 1. The van der Waals surface area contributed by atoms with Gasteiger partial charge in [0, 0.05) is 5.39 Å². The van der Waals surface area contributed by atoms with Gasteiger partial charge in [-0.05, 0) is 37.3 Å². The van der Waals surface area contributed by atoms with Crippen molar-refractivity contribution < 1.29 is 4.79 Å². The van der Waals surface area contributed by atoms with Gasteiger partial charge in [-0.1, -0.05) is 30.3 Å². The van der Waals surface area contributed by atoms with Gasteiger partial charge >= 0.3 is 0 Å². The molecule has 0 aliphatic rings. The standard InChI is InChI=1S/C21H16N4OS2/c1-13-15-11-18(28-21(15)25(24-13)14-7-3-2-4-8-14)20(26)22-12-19-23-16-9-5-6-10-17(16)27-19/h2-11H,12H2,1H3,(H,22,26). The van der Waals surface area contributed by atoms with E-state index in [0.717, 1.165) is 36.8 Å². The monoisotopic (exact) mass is 404 g/mol. The second-order valence-electron chi connectivity index (χ2n) is 6.42. The van der Waals surface area contributed by atoms with E-state index in [2.05, 4.69) is 15.4 Å². The van der Waals surface area contributed by atoms with E-state index >= 15 is 0 Å². The van der Waals surface area contributed by atoms with Crippen LogP contribution in [0.5, 0.6) is 0 Å². The van der Waals surface area contributed by atoms with Crippen molar-refractivity contribution in [1.82, 2.24) is 20.1 Å². The number of rotatable bonds is 4. The first-order valence-electron chi connectivity index (χ1n) is 8.86. The Morgan fingerprint density at radius 3 is 2.68 bits per heavy atom. The Hall–Kier alpha value is -3.03. The SMILES string of the molecule is Cc1nn(-c2ccccc2)c2sc(C(=O)NCc3nc4ccccc4s3)cc12. The summed E-state index contributed by atoms with van der Waals surface area (Å²) in [6.45, 7) is 2.40. The van der Waals surface area contributed by atoms with Gasteiger partial charge in [0.1, 0.15) is 9.84 Å². The number of amides is 1. The van der Waals surface area contributed by atoms with Crippen molar-refractivity contribution in [3.63, 3.8) is 0 Å². The molecule has 0 saturated carbocycles. The highest BCUT2D eigenvalue weighted by atomic mass is 32.1. The molecule has 3 heterocycles. The Bertz CT molecular complexity index is 1270. The van der Waals surface area contributed by atoms with Gasteiger partial charge in [0.2, 0.25) is 0 Å². The van der Waals surface area contributed by atoms with Crippen molar-refractivity contribution in [2.75, 3.05) is 0 Å². The number of nitrogens with zero attached hydrogens (tertiary/aromatic N) is 3. The Balaban J connectivity index is 1.40. The molecule has 3 aromatic heterocycles. The molecule has 0 aliphatic heterocycles. The Morgan fingerprint density at radius 2 is 1.86 bits per heavy atom. The minimum atomic E-state index is -0.0838. The molecule has 0 radical (unpaired) electrons. The summed E-state index contributed by atoms with van der Waals surface area (Å²) in [6.07, 6.45) is 0.